The summed E-state index contributed by atoms with van der Waals surface area (Å²) < 4.78 is 72.4. The number of imide groups is 2. The first-order chi connectivity index (χ1) is 21.1. The van der Waals surface area contributed by atoms with Crippen molar-refractivity contribution in [2.75, 3.05) is 11.4 Å². The van der Waals surface area contributed by atoms with Gasteiger partial charge in [0.2, 0.25) is 17.6 Å². The second kappa shape index (κ2) is 10.2. The topological polar surface area (TPSA) is 132 Å². The van der Waals surface area contributed by atoms with Gasteiger partial charge in [0.25, 0.3) is 11.8 Å². The van der Waals surface area contributed by atoms with Crippen molar-refractivity contribution < 1.29 is 56.1 Å². The zero-order valence-electron chi connectivity index (χ0n) is 22.5. The number of rotatable bonds is 5. The number of allylic oxidation sites excluding steroid dienone is 2. The van der Waals surface area contributed by atoms with Gasteiger partial charge in [-0.25, -0.2) is 26.9 Å². The minimum Gasteiger partial charge on any atom is -0.508 e. The quantitative estimate of drug-likeness (QED) is 0.122. The predicted molar refractivity (Wildman–Crippen MR) is 144 cm³/mol. The van der Waals surface area contributed by atoms with Crippen molar-refractivity contribution in [1.29, 1.82) is 0 Å². The summed E-state index contributed by atoms with van der Waals surface area (Å²) in [7, 11) is 0. The SMILES string of the molecule is O=C(O)CCN1C(=O)C2CC=C3C(CC4(Cl)C(=O)N(c5c(F)c(F)c(F)c(F)c5F)C(=O)C4(Cl)C3c3cccc(O)c3)C2C1=O. The number of phenolic OH excluding ortho intramolecular Hbond substituents is 1. The molecule has 2 saturated heterocycles. The van der Waals surface area contributed by atoms with Gasteiger partial charge >= 0.3 is 5.97 Å². The number of aromatic hydroxyl groups is 1. The van der Waals surface area contributed by atoms with Crippen LogP contribution < -0.4 is 4.90 Å². The fourth-order valence-electron chi connectivity index (χ4n) is 7.14. The molecule has 0 aromatic heterocycles. The lowest BCUT2D eigenvalue weighted by Gasteiger charge is -2.50. The molecule has 1 saturated carbocycles. The van der Waals surface area contributed by atoms with Crippen LogP contribution in [0.25, 0.3) is 0 Å². The summed E-state index contributed by atoms with van der Waals surface area (Å²) in [6.07, 6.45) is 0.155. The number of hydrogen-bond acceptors (Lipinski definition) is 6. The van der Waals surface area contributed by atoms with Gasteiger partial charge in [-0.2, -0.15) is 0 Å². The van der Waals surface area contributed by atoms with Crippen molar-refractivity contribution in [2.24, 2.45) is 17.8 Å². The van der Waals surface area contributed by atoms with Gasteiger partial charge in [0.15, 0.2) is 33.0 Å². The average molecular weight is 673 g/mol. The summed E-state index contributed by atoms with van der Waals surface area (Å²) in [5, 5.41) is 19.4. The van der Waals surface area contributed by atoms with Crippen LogP contribution >= 0.6 is 23.2 Å². The maximum atomic E-state index is 15.0. The molecule has 0 spiro atoms. The molecule has 0 bridgehead atoms. The highest BCUT2D eigenvalue weighted by Crippen LogP contribution is 2.66. The average Bonchev–Trinajstić information content (AvgIpc) is 3.32. The fraction of sp³-hybridized carbons (Fsp3) is 0.345. The molecule has 2 aromatic carbocycles. The third-order valence-corrected chi connectivity index (χ3v) is 10.5. The molecule has 45 heavy (non-hydrogen) atoms. The van der Waals surface area contributed by atoms with Crippen LogP contribution in [-0.4, -0.2) is 61.0 Å². The Balaban J connectivity index is 1.55. The van der Waals surface area contributed by atoms with E-state index in [0.717, 1.165) is 11.0 Å². The maximum Gasteiger partial charge on any atom is 0.305 e. The Morgan fingerprint density at radius 2 is 1.53 bits per heavy atom. The number of phenols is 1. The van der Waals surface area contributed by atoms with Gasteiger partial charge in [0.1, 0.15) is 11.4 Å². The molecule has 0 radical (unpaired) electrons. The van der Waals surface area contributed by atoms with Crippen LogP contribution in [0.3, 0.4) is 0 Å². The number of carbonyl (C=O) groups is 5. The predicted octanol–water partition coefficient (Wildman–Crippen LogP) is 4.13. The van der Waals surface area contributed by atoms with Gasteiger partial charge in [0, 0.05) is 12.5 Å². The number of alkyl halides is 2. The molecule has 3 fully saturated rings. The lowest BCUT2D eigenvalue weighted by Crippen LogP contribution is -2.60. The Morgan fingerprint density at radius 1 is 0.911 bits per heavy atom. The van der Waals surface area contributed by atoms with E-state index < -0.39 is 117 Å². The molecule has 2 heterocycles. The smallest absolute Gasteiger partial charge is 0.305 e. The number of carboxylic acids is 1. The third-order valence-electron chi connectivity index (χ3n) is 9.07. The summed E-state index contributed by atoms with van der Waals surface area (Å²) in [4.78, 5) is 61.2. The highest BCUT2D eigenvalue weighted by molar-refractivity contribution is 6.58. The number of hydrogen-bond donors (Lipinski definition) is 2. The molecule has 2 aliphatic carbocycles. The number of aliphatic carboxylic acids is 1. The number of fused-ring (bicyclic) bond motifs is 4. The van der Waals surface area contributed by atoms with Crippen LogP contribution in [0.15, 0.2) is 35.9 Å². The second-order valence-electron chi connectivity index (χ2n) is 11.3. The normalized spacial score (nSPS) is 30.8. The molecule has 2 aliphatic heterocycles. The Bertz CT molecular complexity index is 1760. The maximum absolute atomic E-state index is 15.0. The number of amides is 4. The molecule has 6 atom stereocenters. The van der Waals surface area contributed by atoms with Crippen LogP contribution in [0, 0.1) is 46.8 Å². The number of carboxylic acid groups (broad SMARTS) is 1. The van der Waals surface area contributed by atoms with Crippen molar-refractivity contribution in [3.63, 3.8) is 0 Å². The number of benzene rings is 2. The minimum absolute atomic E-state index is 0.0457. The van der Waals surface area contributed by atoms with Crippen molar-refractivity contribution >= 4 is 58.5 Å². The van der Waals surface area contributed by atoms with Crippen molar-refractivity contribution in [3.05, 3.63) is 70.6 Å². The van der Waals surface area contributed by atoms with E-state index in [1.807, 2.05) is 0 Å². The largest absolute Gasteiger partial charge is 0.508 e. The Kier molecular flexibility index (Phi) is 7.05. The molecule has 236 valence electrons. The van der Waals surface area contributed by atoms with E-state index in [1.54, 1.807) is 0 Å². The van der Waals surface area contributed by atoms with E-state index in [1.165, 1.54) is 24.3 Å². The molecular weight excluding hydrogens is 654 g/mol. The van der Waals surface area contributed by atoms with Crippen molar-refractivity contribution in [3.8, 4) is 5.75 Å². The molecule has 16 heteroatoms. The van der Waals surface area contributed by atoms with Crippen LogP contribution in [0.2, 0.25) is 0 Å². The zero-order chi connectivity index (χ0) is 32.9. The Hall–Kier alpha value is -4.04. The number of likely N-dealkylation sites (tertiary alicyclic amines) is 1. The molecule has 4 aliphatic rings. The van der Waals surface area contributed by atoms with Crippen molar-refractivity contribution in [1.82, 2.24) is 4.90 Å². The standard InChI is InChI=1S/C29H19Cl2F5N2O7/c30-28-9-14-12(4-5-13-16(14)25(43)37(24(13)42)7-6-15(40)41)17(10-2-1-3-11(39)8-10)29(28,31)27(45)38(26(28)44)23-21(35)19(33)18(32)20(34)22(23)36/h1-4,8,13-14,16-17,39H,5-7,9H2,(H,40,41). The first-order valence-electron chi connectivity index (χ1n) is 13.4. The van der Waals surface area contributed by atoms with Crippen LogP contribution in [0.1, 0.15) is 30.7 Å². The van der Waals surface area contributed by atoms with E-state index in [9.17, 15) is 42.3 Å². The molecule has 2 aromatic rings. The number of nitrogens with zero attached hydrogens (tertiary/aromatic N) is 2. The van der Waals surface area contributed by atoms with Crippen molar-refractivity contribution in [2.45, 2.75) is 34.9 Å². The molecule has 4 amide bonds. The minimum atomic E-state index is -2.70. The first kappa shape index (κ1) is 31.0. The molecule has 6 unspecified atom stereocenters. The van der Waals surface area contributed by atoms with E-state index in [0.29, 0.717) is 0 Å². The summed E-state index contributed by atoms with van der Waals surface area (Å²) in [6.45, 7) is -0.449. The molecule has 9 nitrogen and oxygen atoms in total. The molecule has 2 N–H and O–H groups in total. The van der Waals surface area contributed by atoms with E-state index >= 15 is 8.78 Å². The van der Waals surface area contributed by atoms with Crippen LogP contribution in [0.4, 0.5) is 27.6 Å². The van der Waals surface area contributed by atoms with Gasteiger partial charge < -0.3 is 10.2 Å². The second-order valence-corrected chi connectivity index (χ2v) is 12.5. The van der Waals surface area contributed by atoms with E-state index in [-0.39, 0.29) is 28.2 Å². The van der Waals surface area contributed by atoms with Gasteiger partial charge in [-0.05, 0) is 36.5 Å². The van der Waals surface area contributed by atoms with Gasteiger partial charge in [-0.15, -0.1) is 23.2 Å². The highest BCUT2D eigenvalue weighted by Gasteiger charge is 2.77. The summed E-state index contributed by atoms with van der Waals surface area (Å²) in [5.74, 6) is -23.7. The van der Waals surface area contributed by atoms with Crippen LogP contribution in [0.5, 0.6) is 5.75 Å². The highest BCUT2D eigenvalue weighted by atomic mass is 35.5. The first-order valence-corrected chi connectivity index (χ1v) is 14.2. The zero-order valence-corrected chi connectivity index (χ0v) is 24.0. The van der Waals surface area contributed by atoms with Gasteiger partial charge in [-0.1, -0.05) is 23.8 Å². The summed E-state index contributed by atoms with van der Waals surface area (Å²) >= 11 is 13.9. The number of halogens is 7. The van der Waals surface area contributed by atoms with Gasteiger partial charge in [-0.3, -0.25) is 28.9 Å². The molecule has 6 rings (SSSR count). The lowest BCUT2D eigenvalue weighted by atomic mass is 9.56. The van der Waals surface area contributed by atoms with E-state index in [2.05, 4.69) is 0 Å². The molecular formula is C29H19Cl2F5N2O7. The number of carbonyl (C=O) groups excluding carboxylic acids is 4. The van der Waals surface area contributed by atoms with Crippen LogP contribution in [-0.2, 0) is 24.0 Å². The third kappa shape index (κ3) is 4.00. The number of anilines is 1. The Morgan fingerprint density at radius 3 is 2.13 bits per heavy atom. The van der Waals surface area contributed by atoms with E-state index in [4.69, 9.17) is 28.3 Å². The summed E-state index contributed by atoms with van der Waals surface area (Å²) in [6, 6.07) is 5.13. The monoisotopic (exact) mass is 672 g/mol. The summed E-state index contributed by atoms with van der Waals surface area (Å²) in [5.41, 5.74) is -1.65. The lowest BCUT2D eigenvalue weighted by molar-refractivity contribution is -0.142. The fourth-order valence-corrected chi connectivity index (χ4v) is 8.07. The van der Waals surface area contributed by atoms with Gasteiger partial charge in [0.05, 0.1) is 18.3 Å². The Labute approximate surface area is 259 Å².